The van der Waals surface area contributed by atoms with Gasteiger partial charge >= 0.3 is 0 Å². The predicted octanol–water partition coefficient (Wildman–Crippen LogP) is 0.571. The lowest BCUT2D eigenvalue weighted by atomic mass is 10.2. The molecule has 7 heteroatoms. The number of morpholine rings is 1. The van der Waals surface area contributed by atoms with Crippen LogP contribution in [0.4, 0.5) is 5.82 Å². The number of nitrogens with zero attached hydrogens (tertiary/aromatic N) is 3. The predicted molar refractivity (Wildman–Crippen MR) is 77.0 cm³/mol. The van der Waals surface area contributed by atoms with Crippen molar-refractivity contribution >= 4 is 11.7 Å². The number of H-pyrrole nitrogens is 1. The smallest absolute Gasteiger partial charge is 0.269 e. The number of hydrogen-bond donors (Lipinski definition) is 2. The number of amides is 1. The Hall–Kier alpha value is -2.41. The van der Waals surface area contributed by atoms with Gasteiger partial charge < -0.3 is 15.0 Å². The molecule has 0 aromatic carbocycles. The Morgan fingerprint density at radius 1 is 1.33 bits per heavy atom. The molecule has 2 aromatic heterocycles. The molecular weight excluding hydrogens is 270 g/mol. The third kappa shape index (κ3) is 3.38. The molecule has 0 saturated carbocycles. The van der Waals surface area contributed by atoms with Crippen molar-refractivity contribution in [3.8, 4) is 0 Å². The Kier molecular flexibility index (Phi) is 4.11. The molecule has 1 aliphatic heterocycles. The van der Waals surface area contributed by atoms with Crippen LogP contribution in [0.5, 0.6) is 0 Å². The zero-order valence-corrected chi connectivity index (χ0v) is 11.6. The number of anilines is 1. The molecule has 0 bridgehead atoms. The lowest BCUT2D eigenvalue weighted by Crippen LogP contribution is -2.36. The molecule has 1 fully saturated rings. The minimum atomic E-state index is -0.176. The van der Waals surface area contributed by atoms with Gasteiger partial charge in [-0.3, -0.25) is 9.89 Å². The van der Waals surface area contributed by atoms with E-state index in [1.807, 2.05) is 12.1 Å². The number of hydrogen-bond acceptors (Lipinski definition) is 5. The highest BCUT2D eigenvalue weighted by Crippen LogP contribution is 2.13. The van der Waals surface area contributed by atoms with Crippen LogP contribution in [0.25, 0.3) is 0 Å². The topological polar surface area (TPSA) is 83.1 Å². The zero-order chi connectivity index (χ0) is 14.5. The molecule has 0 radical (unpaired) electrons. The van der Waals surface area contributed by atoms with Crippen molar-refractivity contribution in [2.75, 3.05) is 31.2 Å². The summed E-state index contributed by atoms with van der Waals surface area (Å²) < 4.78 is 5.32. The molecule has 0 aliphatic carbocycles. The first kappa shape index (κ1) is 13.6. The number of aromatic amines is 1. The summed E-state index contributed by atoms with van der Waals surface area (Å²) >= 11 is 0. The monoisotopic (exact) mass is 287 g/mol. The molecule has 21 heavy (non-hydrogen) atoms. The molecule has 1 saturated heterocycles. The SMILES string of the molecule is O=C(NCc1ccc(N2CCOCC2)nc1)c1ccn[nH]1. The van der Waals surface area contributed by atoms with E-state index >= 15 is 0 Å². The van der Waals surface area contributed by atoms with Crippen molar-refractivity contribution < 1.29 is 9.53 Å². The van der Waals surface area contributed by atoms with E-state index in [9.17, 15) is 4.79 Å². The van der Waals surface area contributed by atoms with Gasteiger partial charge in [0.1, 0.15) is 11.5 Å². The molecule has 0 atom stereocenters. The number of carbonyl (C=O) groups is 1. The second kappa shape index (κ2) is 6.36. The number of pyridine rings is 1. The van der Waals surface area contributed by atoms with Crippen molar-refractivity contribution in [3.63, 3.8) is 0 Å². The van der Waals surface area contributed by atoms with Crippen LogP contribution in [0.15, 0.2) is 30.6 Å². The van der Waals surface area contributed by atoms with Gasteiger partial charge in [-0.2, -0.15) is 5.10 Å². The largest absolute Gasteiger partial charge is 0.378 e. The molecule has 3 rings (SSSR count). The van der Waals surface area contributed by atoms with E-state index in [-0.39, 0.29) is 5.91 Å². The first-order valence-corrected chi connectivity index (χ1v) is 6.88. The molecule has 7 nitrogen and oxygen atoms in total. The van der Waals surface area contributed by atoms with Gasteiger partial charge in [-0.05, 0) is 17.7 Å². The quantitative estimate of drug-likeness (QED) is 0.859. The fourth-order valence-corrected chi connectivity index (χ4v) is 2.16. The van der Waals surface area contributed by atoms with Gasteiger partial charge in [0.15, 0.2) is 0 Å². The van der Waals surface area contributed by atoms with Crippen LogP contribution in [0.1, 0.15) is 16.1 Å². The van der Waals surface area contributed by atoms with Gasteiger partial charge in [-0.15, -0.1) is 0 Å². The van der Waals surface area contributed by atoms with E-state index in [1.165, 1.54) is 0 Å². The van der Waals surface area contributed by atoms with E-state index in [0.717, 1.165) is 37.7 Å². The van der Waals surface area contributed by atoms with Crippen molar-refractivity contribution in [1.29, 1.82) is 0 Å². The van der Waals surface area contributed by atoms with Crippen molar-refractivity contribution in [3.05, 3.63) is 41.9 Å². The Balaban J connectivity index is 1.55. The zero-order valence-electron chi connectivity index (χ0n) is 11.6. The molecular formula is C14H17N5O2. The highest BCUT2D eigenvalue weighted by molar-refractivity contribution is 5.91. The third-order valence-electron chi connectivity index (χ3n) is 3.34. The molecule has 1 amide bonds. The van der Waals surface area contributed by atoms with Crippen LogP contribution in [0, 0.1) is 0 Å². The van der Waals surface area contributed by atoms with Gasteiger partial charge in [0, 0.05) is 32.0 Å². The first-order chi connectivity index (χ1) is 10.3. The highest BCUT2D eigenvalue weighted by atomic mass is 16.5. The summed E-state index contributed by atoms with van der Waals surface area (Å²) in [5.74, 6) is 0.770. The van der Waals surface area contributed by atoms with Crippen LogP contribution >= 0.6 is 0 Å². The minimum Gasteiger partial charge on any atom is -0.378 e. The summed E-state index contributed by atoms with van der Waals surface area (Å²) in [6, 6.07) is 5.59. The Morgan fingerprint density at radius 3 is 2.86 bits per heavy atom. The van der Waals surface area contributed by atoms with Gasteiger partial charge in [-0.25, -0.2) is 4.98 Å². The maximum atomic E-state index is 11.8. The van der Waals surface area contributed by atoms with Gasteiger partial charge in [0.2, 0.25) is 0 Å². The molecule has 3 heterocycles. The number of ether oxygens (including phenoxy) is 1. The lowest BCUT2D eigenvalue weighted by molar-refractivity contribution is 0.0946. The summed E-state index contributed by atoms with van der Waals surface area (Å²) in [5, 5.41) is 9.19. The Labute approximate surface area is 122 Å². The molecule has 2 aromatic rings. The molecule has 110 valence electrons. The molecule has 0 unspecified atom stereocenters. The van der Waals surface area contributed by atoms with Crippen LogP contribution in [0.2, 0.25) is 0 Å². The minimum absolute atomic E-state index is 0.176. The molecule has 0 spiro atoms. The Morgan fingerprint density at radius 2 is 2.19 bits per heavy atom. The molecule has 2 N–H and O–H groups in total. The Bertz CT molecular complexity index is 576. The number of nitrogens with one attached hydrogen (secondary N) is 2. The summed E-state index contributed by atoms with van der Waals surface area (Å²) in [4.78, 5) is 18.4. The maximum absolute atomic E-state index is 11.8. The fraction of sp³-hybridized carbons (Fsp3) is 0.357. The van der Waals surface area contributed by atoms with E-state index in [4.69, 9.17) is 4.74 Å². The third-order valence-corrected chi connectivity index (χ3v) is 3.34. The highest BCUT2D eigenvalue weighted by Gasteiger charge is 2.12. The maximum Gasteiger partial charge on any atom is 0.269 e. The fourth-order valence-electron chi connectivity index (χ4n) is 2.16. The van der Waals surface area contributed by atoms with Crippen LogP contribution in [-0.4, -0.2) is 47.4 Å². The standard InChI is InChI=1S/C14H17N5O2/c20-14(12-3-4-17-18-12)16-10-11-1-2-13(15-9-11)19-5-7-21-8-6-19/h1-4,9H,5-8,10H2,(H,16,20)(H,17,18). The summed E-state index contributed by atoms with van der Waals surface area (Å²) in [6.07, 6.45) is 3.34. The van der Waals surface area contributed by atoms with Crippen molar-refractivity contribution in [2.45, 2.75) is 6.54 Å². The van der Waals surface area contributed by atoms with Crippen LogP contribution < -0.4 is 10.2 Å². The van der Waals surface area contributed by atoms with Gasteiger partial charge in [-0.1, -0.05) is 6.07 Å². The summed E-state index contributed by atoms with van der Waals surface area (Å²) in [7, 11) is 0. The van der Waals surface area contributed by atoms with Crippen molar-refractivity contribution in [2.24, 2.45) is 0 Å². The second-order valence-electron chi connectivity index (χ2n) is 4.78. The average molecular weight is 287 g/mol. The van der Waals surface area contributed by atoms with Crippen LogP contribution in [0.3, 0.4) is 0 Å². The van der Waals surface area contributed by atoms with E-state index in [0.29, 0.717) is 12.2 Å². The normalized spacial score (nSPS) is 15.0. The second-order valence-corrected chi connectivity index (χ2v) is 4.78. The number of rotatable bonds is 4. The van der Waals surface area contributed by atoms with Gasteiger partial charge in [0.05, 0.1) is 13.2 Å². The average Bonchev–Trinajstić information content (AvgIpc) is 3.08. The van der Waals surface area contributed by atoms with E-state index in [1.54, 1.807) is 18.5 Å². The summed E-state index contributed by atoms with van der Waals surface area (Å²) in [5.41, 5.74) is 1.41. The van der Waals surface area contributed by atoms with Crippen molar-refractivity contribution in [1.82, 2.24) is 20.5 Å². The van der Waals surface area contributed by atoms with Gasteiger partial charge in [0.25, 0.3) is 5.91 Å². The lowest BCUT2D eigenvalue weighted by Gasteiger charge is -2.27. The van der Waals surface area contributed by atoms with E-state index in [2.05, 4.69) is 25.4 Å². The van der Waals surface area contributed by atoms with Crippen LogP contribution in [-0.2, 0) is 11.3 Å². The van der Waals surface area contributed by atoms with E-state index < -0.39 is 0 Å². The number of carbonyl (C=O) groups excluding carboxylic acids is 1. The summed E-state index contributed by atoms with van der Waals surface area (Å²) in [6.45, 7) is 3.65. The number of aromatic nitrogens is 3. The first-order valence-electron chi connectivity index (χ1n) is 6.88. The molecule has 1 aliphatic rings.